The molecule has 0 amide bonds. The Morgan fingerprint density at radius 2 is 2.29 bits per heavy atom. The quantitative estimate of drug-likeness (QED) is 0.784. The van der Waals surface area contributed by atoms with Gasteiger partial charge in [0, 0.05) is 24.7 Å². The molecule has 3 rings (SSSR count). The number of nitrogens with one attached hydrogen (secondary N) is 1. The maximum absolute atomic E-state index is 4.53. The largest absolute Gasteiger partial charge is 0.307 e. The minimum atomic E-state index is 0.861. The van der Waals surface area contributed by atoms with Crippen LogP contribution in [-0.2, 0) is 13.1 Å². The van der Waals surface area contributed by atoms with E-state index in [9.17, 15) is 0 Å². The first-order valence-electron chi connectivity index (χ1n) is 5.47. The molecule has 0 atom stereocenters. The zero-order valence-corrected chi connectivity index (χ0v) is 11.1. The van der Waals surface area contributed by atoms with Crippen LogP contribution in [0.1, 0.15) is 17.0 Å². The van der Waals surface area contributed by atoms with E-state index in [1.807, 2.05) is 0 Å². The minimum absolute atomic E-state index is 0.861. The van der Waals surface area contributed by atoms with E-state index >= 15 is 0 Å². The number of nitrogens with zero attached hydrogens (tertiary/aromatic N) is 2. The lowest BCUT2D eigenvalue weighted by molar-refractivity contribution is 0.674. The number of aryl methyl sites for hydroxylation is 1. The summed E-state index contributed by atoms with van der Waals surface area (Å²) in [6.07, 6.45) is 2.08. The minimum Gasteiger partial charge on any atom is -0.307 e. The molecule has 0 saturated heterocycles. The number of imidazole rings is 1. The molecule has 0 saturated carbocycles. The van der Waals surface area contributed by atoms with Gasteiger partial charge < -0.3 is 5.32 Å². The van der Waals surface area contributed by atoms with Crippen LogP contribution in [0.4, 0.5) is 0 Å². The summed E-state index contributed by atoms with van der Waals surface area (Å²) in [4.78, 5) is 5.61. The Kier molecular flexibility index (Phi) is 2.96. The van der Waals surface area contributed by atoms with Crippen molar-refractivity contribution in [3.05, 3.63) is 45.4 Å². The van der Waals surface area contributed by atoms with Crippen LogP contribution in [0.25, 0.3) is 4.96 Å². The molecular weight excluding hydrogens is 250 g/mol. The van der Waals surface area contributed by atoms with Gasteiger partial charge in [-0.1, -0.05) is 0 Å². The number of aromatic nitrogens is 2. The van der Waals surface area contributed by atoms with Gasteiger partial charge in [-0.3, -0.25) is 4.40 Å². The van der Waals surface area contributed by atoms with E-state index in [0.29, 0.717) is 0 Å². The van der Waals surface area contributed by atoms with Crippen molar-refractivity contribution >= 4 is 27.6 Å². The van der Waals surface area contributed by atoms with E-state index in [4.69, 9.17) is 0 Å². The molecule has 3 heterocycles. The van der Waals surface area contributed by atoms with Crippen molar-refractivity contribution in [2.24, 2.45) is 0 Å². The molecule has 3 aromatic rings. The van der Waals surface area contributed by atoms with Crippen LogP contribution < -0.4 is 5.32 Å². The summed E-state index contributed by atoms with van der Waals surface area (Å²) in [5, 5.41) is 9.82. The molecule has 0 aliphatic rings. The van der Waals surface area contributed by atoms with Crippen molar-refractivity contribution in [1.29, 1.82) is 0 Å². The predicted molar refractivity (Wildman–Crippen MR) is 72.7 cm³/mol. The van der Waals surface area contributed by atoms with Crippen molar-refractivity contribution in [3.8, 4) is 0 Å². The van der Waals surface area contributed by atoms with Gasteiger partial charge in [0.25, 0.3) is 0 Å². The van der Waals surface area contributed by atoms with Gasteiger partial charge in [-0.2, -0.15) is 11.3 Å². The predicted octanol–water partition coefficient (Wildman–Crippen LogP) is 3.06. The summed E-state index contributed by atoms with van der Waals surface area (Å²) in [5.41, 5.74) is 3.73. The van der Waals surface area contributed by atoms with E-state index in [-0.39, 0.29) is 0 Å². The number of thiophene rings is 1. The number of hydrogen-bond acceptors (Lipinski definition) is 4. The molecule has 0 spiro atoms. The van der Waals surface area contributed by atoms with Crippen molar-refractivity contribution in [3.63, 3.8) is 0 Å². The molecular formula is C12H13N3S2. The van der Waals surface area contributed by atoms with Gasteiger partial charge in [0.05, 0.1) is 11.4 Å². The highest BCUT2D eigenvalue weighted by molar-refractivity contribution is 7.15. The van der Waals surface area contributed by atoms with Gasteiger partial charge in [0.15, 0.2) is 4.96 Å². The Balaban J connectivity index is 1.72. The lowest BCUT2D eigenvalue weighted by Crippen LogP contribution is -2.14. The standard InChI is InChI=1S/C12H13N3S2/c1-9-11(15-3-5-17-12(15)14-9)7-13-6-10-2-4-16-8-10/h2-5,8,13H,6-7H2,1H3. The summed E-state index contributed by atoms with van der Waals surface area (Å²) in [7, 11) is 0. The van der Waals surface area contributed by atoms with Crippen molar-refractivity contribution in [2.45, 2.75) is 20.0 Å². The Hall–Kier alpha value is -1.17. The van der Waals surface area contributed by atoms with Gasteiger partial charge in [-0.15, -0.1) is 11.3 Å². The van der Waals surface area contributed by atoms with E-state index < -0.39 is 0 Å². The summed E-state index contributed by atoms with van der Waals surface area (Å²) < 4.78 is 2.17. The maximum atomic E-state index is 4.53. The molecule has 5 heteroatoms. The highest BCUT2D eigenvalue weighted by atomic mass is 32.1. The molecule has 0 bridgehead atoms. The van der Waals surface area contributed by atoms with Crippen molar-refractivity contribution in [2.75, 3.05) is 0 Å². The number of thiazole rings is 1. The van der Waals surface area contributed by atoms with E-state index in [1.54, 1.807) is 22.7 Å². The van der Waals surface area contributed by atoms with Crippen LogP contribution in [-0.4, -0.2) is 9.38 Å². The molecule has 3 aromatic heterocycles. The Labute approximate surface area is 108 Å². The lowest BCUT2D eigenvalue weighted by Gasteiger charge is -2.03. The fourth-order valence-electron chi connectivity index (χ4n) is 1.87. The van der Waals surface area contributed by atoms with Gasteiger partial charge >= 0.3 is 0 Å². The molecule has 3 nitrogen and oxygen atoms in total. The van der Waals surface area contributed by atoms with Crippen LogP contribution in [0.15, 0.2) is 28.4 Å². The molecule has 17 heavy (non-hydrogen) atoms. The third kappa shape index (κ3) is 2.13. The smallest absolute Gasteiger partial charge is 0.194 e. The summed E-state index contributed by atoms with van der Waals surface area (Å²) in [5.74, 6) is 0. The van der Waals surface area contributed by atoms with Crippen LogP contribution >= 0.6 is 22.7 Å². The number of fused-ring (bicyclic) bond motifs is 1. The maximum Gasteiger partial charge on any atom is 0.194 e. The van der Waals surface area contributed by atoms with Crippen LogP contribution in [0, 0.1) is 6.92 Å². The van der Waals surface area contributed by atoms with Crippen LogP contribution in [0.2, 0.25) is 0 Å². The summed E-state index contributed by atoms with van der Waals surface area (Å²) in [6.45, 7) is 3.85. The van der Waals surface area contributed by atoms with Gasteiger partial charge in [0.1, 0.15) is 0 Å². The van der Waals surface area contributed by atoms with E-state index in [2.05, 4.69) is 50.0 Å². The second kappa shape index (κ2) is 4.60. The third-order valence-electron chi connectivity index (χ3n) is 2.76. The second-order valence-corrected chi connectivity index (χ2v) is 5.59. The first-order valence-corrected chi connectivity index (χ1v) is 7.29. The topological polar surface area (TPSA) is 29.3 Å². The van der Waals surface area contributed by atoms with E-state index in [1.165, 1.54) is 11.3 Å². The number of hydrogen-bond donors (Lipinski definition) is 1. The molecule has 88 valence electrons. The normalized spacial score (nSPS) is 11.4. The van der Waals surface area contributed by atoms with Crippen LogP contribution in [0.5, 0.6) is 0 Å². The monoisotopic (exact) mass is 263 g/mol. The second-order valence-electron chi connectivity index (χ2n) is 3.93. The SMILES string of the molecule is Cc1nc2sccn2c1CNCc1ccsc1. The fraction of sp³-hybridized carbons (Fsp3) is 0.250. The van der Waals surface area contributed by atoms with Crippen molar-refractivity contribution in [1.82, 2.24) is 14.7 Å². The summed E-state index contributed by atoms with van der Waals surface area (Å²) in [6, 6.07) is 2.15. The molecule has 0 fully saturated rings. The molecule has 0 radical (unpaired) electrons. The average Bonchev–Trinajstić information content (AvgIpc) is 2.98. The first-order chi connectivity index (χ1) is 8.34. The van der Waals surface area contributed by atoms with Gasteiger partial charge in [0.2, 0.25) is 0 Å². The van der Waals surface area contributed by atoms with Gasteiger partial charge in [-0.05, 0) is 29.3 Å². The first kappa shape index (κ1) is 11.0. The molecule has 0 aromatic carbocycles. The van der Waals surface area contributed by atoms with Crippen LogP contribution in [0.3, 0.4) is 0 Å². The zero-order valence-electron chi connectivity index (χ0n) is 9.51. The molecule has 0 aliphatic carbocycles. The van der Waals surface area contributed by atoms with Crippen molar-refractivity contribution < 1.29 is 0 Å². The molecule has 1 N–H and O–H groups in total. The Bertz CT molecular complexity index is 607. The zero-order chi connectivity index (χ0) is 11.7. The molecule has 0 aliphatic heterocycles. The highest BCUT2D eigenvalue weighted by Crippen LogP contribution is 2.16. The fourth-order valence-corrected chi connectivity index (χ4v) is 3.32. The highest BCUT2D eigenvalue weighted by Gasteiger charge is 2.08. The average molecular weight is 263 g/mol. The molecule has 0 unspecified atom stereocenters. The Morgan fingerprint density at radius 3 is 3.12 bits per heavy atom. The third-order valence-corrected chi connectivity index (χ3v) is 4.25. The summed E-state index contributed by atoms with van der Waals surface area (Å²) >= 11 is 3.42. The van der Waals surface area contributed by atoms with Gasteiger partial charge in [-0.25, -0.2) is 4.98 Å². The van der Waals surface area contributed by atoms with E-state index in [0.717, 1.165) is 23.7 Å². The Morgan fingerprint density at radius 1 is 1.35 bits per heavy atom. The lowest BCUT2D eigenvalue weighted by atomic mass is 10.3. The number of rotatable bonds is 4.